The summed E-state index contributed by atoms with van der Waals surface area (Å²) in [5.74, 6) is 0.683. The van der Waals surface area contributed by atoms with Crippen LogP contribution in [0, 0.1) is 11.3 Å². The SMILES string of the molecule is CC(N)C(C)(C)CN1CCCC(CCO)C1. The van der Waals surface area contributed by atoms with E-state index in [0.717, 1.165) is 19.5 Å². The molecule has 16 heavy (non-hydrogen) atoms. The fourth-order valence-electron chi connectivity index (χ4n) is 2.43. The van der Waals surface area contributed by atoms with Crippen molar-refractivity contribution in [1.82, 2.24) is 4.90 Å². The summed E-state index contributed by atoms with van der Waals surface area (Å²) in [5, 5.41) is 8.99. The van der Waals surface area contributed by atoms with Gasteiger partial charge >= 0.3 is 0 Å². The van der Waals surface area contributed by atoms with E-state index < -0.39 is 0 Å². The van der Waals surface area contributed by atoms with Crippen LogP contribution in [0.3, 0.4) is 0 Å². The van der Waals surface area contributed by atoms with Crippen LogP contribution in [-0.4, -0.2) is 42.3 Å². The molecule has 1 fully saturated rings. The van der Waals surface area contributed by atoms with Gasteiger partial charge in [-0.2, -0.15) is 0 Å². The number of likely N-dealkylation sites (tertiary alicyclic amines) is 1. The summed E-state index contributed by atoms with van der Waals surface area (Å²) in [6, 6.07) is 0.228. The predicted octanol–water partition coefficient (Wildman–Crippen LogP) is 1.45. The van der Waals surface area contributed by atoms with Gasteiger partial charge in [-0.15, -0.1) is 0 Å². The van der Waals surface area contributed by atoms with Gasteiger partial charge in [-0.1, -0.05) is 13.8 Å². The highest BCUT2D eigenvalue weighted by Gasteiger charge is 2.28. The van der Waals surface area contributed by atoms with Gasteiger partial charge in [0.2, 0.25) is 0 Å². The lowest BCUT2D eigenvalue weighted by Crippen LogP contribution is -2.47. The maximum Gasteiger partial charge on any atom is 0.0434 e. The Morgan fingerprint density at radius 2 is 2.19 bits per heavy atom. The molecule has 2 unspecified atom stereocenters. The second-order valence-electron chi connectivity index (χ2n) is 6.03. The summed E-state index contributed by atoms with van der Waals surface area (Å²) < 4.78 is 0. The van der Waals surface area contributed by atoms with Crippen LogP contribution in [0.1, 0.15) is 40.0 Å². The Bertz CT molecular complexity index is 202. The summed E-state index contributed by atoms with van der Waals surface area (Å²) in [6.07, 6.45) is 3.49. The van der Waals surface area contributed by atoms with Gasteiger partial charge in [-0.05, 0) is 44.1 Å². The number of hydrogen-bond donors (Lipinski definition) is 2. The van der Waals surface area contributed by atoms with Crippen LogP contribution in [0.5, 0.6) is 0 Å². The molecule has 3 nitrogen and oxygen atoms in total. The summed E-state index contributed by atoms with van der Waals surface area (Å²) in [7, 11) is 0. The van der Waals surface area contributed by atoms with Gasteiger partial charge in [-0.25, -0.2) is 0 Å². The zero-order chi connectivity index (χ0) is 12.2. The molecular weight excluding hydrogens is 200 g/mol. The molecule has 1 heterocycles. The van der Waals surface area contributed by atoms with Gasteiger partial charge in [-0.3, -0.25) is 0 Å². The Morgan fingerprint density at radius 1 is 1.50 bits per heavy atom. The van der Waals surface area contributed by atoms with Gasteiger partial charge < -0.3 is 15.7 Å². The van der Waals surface area contributed by atoms with Gasteiger partial charge in [0.25, 0.3) is 0 Å². The molecule has 2 atom stereocenters. The molecular formula is C13H28N2O. The van der Waals surface area contributed by atoms with Crippen LogP contribution < -0.4 is 5.73 Å². The number of nitrogens with two attached hydrogens (primary N) is 1. The van der Waals surface area contributed by atoms with E-state index in [1.165, 1.54) is 19.4 Å². The molecule has 1 aliphatic heterocycles. The van der Waals surface area contributed by atoms with Crippen molar-refractivity contribution in [2.24, 2.45) is 17.1 Å². The number of aliphatic hydroxyl groups excluding tert-OH is 1. The normalized spacial score (nSPS) is 25.7. The average Bonchev–Trinajstić information content (AvgIpc) is 2.17. The van der Waals surface area contributed by atoms with E-state index in [0.29, 0.717) is 12.5 Å². The van der Waals surface area contributed by atoms with E-state index in [1.807, 2.05) is 0 Å². The van der Waals surface area contributed by atoms with Crippen molar-refractivity contribution in [3.8, 4) is 0 Å². The fourth-order valence-corrected chi connectivity index (χ4v) is 2.43. The topological polar surface area (TPSA) is 49.5 Å². The number of hydrogen-bond acceptors (Lipinski definition) is 3. The first-order valence-electron chi connectivity index (χ1n) is 6.54. The Hall–Kier alpha value is -0.120. The van der Waals surface area contributed by atoms with Crippen LogP contribution >= 0.6 is 0 Å². The van der Waals surface area contributed by atoms with Gasteiger partial charge in [0.1, 0.15) is 0 Å². The minimum Gasteiger partial charge on any atom is -0.396 e. The molecule has 0 amide bonds. The quantitative estimate of drug-likeness (QED) is 0.749. The van der Waals surface area contributed by atoms with E-state index >= 15 is 0 Å². The lowest BCUT2D eigenvalue weighted by molar-refractivity contribution is 0.0978. The van der Waals surface area contributed by atoms with Gasteiger partial charge in [0, 0.05) is 25.7 Å². The summed E-state index contributed by atoms with van der Waals surface area (Å²) in [4.78, 5) is 2.52. The van der Waals surface area contributed by atoms with Crippen molar-refractivity contribution < 1.29 is 5.11 Å². The molecule has 1 saturated heterocycles. The molecule has 0 aromatic carbocycles. The minimum absolute atomic E-state index is 0.182. The smallest absolute Gasteiger partial charge is 0.0434 e. The van der Waals surface area contributed by atoms with Crippen LogP contribution in [0.2, 0.25) is 0 Å². The molecule has 0 spiro atoms. The lowest BCUT2D eigenvalue weighted by atomic mass is 9.84. The van der Waals surface area contributed by atoms with Crippen molar-refractivity contribution >= 4 is 0 Å². The number of aliphatic hydroxyl groups is 1. The molecule has 0 radical (unpaired) electrons. The summed E-state index contributed by atoms with van der Waals surface area (Å²) >= 11 is 0. The Labute approximate surface area is 100 Å². The number of nitrogens with zero attached hydrogens (tertiary/aromatic N) is 1. The second-order valence-corrected chi connectivity index (χ2v) is 6.03. The third-order valence-corrected chi connectivity index (χ3v) is 4.00. The van der Waals surface area contributed by atoms with E-state index in [-0.39, 0.29) is 11.5 Å². The zero-order valence-electron chi connectivity index (χ0n) is 11.1. The summed E-state index contributed by atoms with van der Waals surface area (Å²) in [6.45, 7) is 10.3. The highest BCUT2D eigenvalue weighted by molar-refractivity contribution is 4.84. The van der Waals surface area contributed by atoms with Crippen LogP contribution in [0.25, 0.3) is 0 Å². The van der Waals surface area contributed by atoms with E-state index in [9.17, 15) is 0 Å². The van der Waals surface area contributed by atoms with Crippen LogP contribution in [0.4, 0.5) is 0 Å². The molecule has 0 aromatic rings. The van der Waals surface area contributed by atoms with Crippen LogP contribution in [-0.2, 0) is 0 Å². The molecule has 96 valence electrons. The lowest BCUT2D eigenvalue weighted by Gasteiger charge is -2.39. The molecule has 3 heteroatoms. The maximum atomic E-state index is 8.99. The average molecular weight is 228 g/mol. The molecule has 0 aromatic heterocycles. The van der Waals surface area contributed by atoms with Crippen molar-refractivity contribution in [2.75, 3.05) is 26.2 Å². The molecule has 0 bridgehead atoms. The van der Waals surface area contributed by atoms with Gasteiger partial charge in [0.05, 0.1) is 0 Å². The third-order valence-electron chi connectivity index (χ3n) is 4.00. The monoisotopic (exact) mass is 228 g/mol. The molecule has 1 rings (SSSR count). The number of rotatable bonds is 5. The van der Waals surface area contributed by atoms with Crippen molar-refractivity contribution in [2.45, 2.75) is 46.1 Å². The van der Waals surface area contributed by atoms with Crippen molar-refractivity contribution in [3.05, 3.63) is 0 Å². The Morgan fingerprint density at radius 3 is 2.75 bits per heavy atom. The highest BCUT2D eigenvalue weighted by atomic mass is 16.3. The van der Waals surface area contributed by atoms with Crippen molar-refractivity contribution in [1.29, 1.82) is 0 Å². The first-order valence-corrected chi connectivity index (χ1v) is 6.54. The molecule has 1 aliphatic rings. The first-order chi connectivity index (χ1) is 7.45. The van der Waals surface area contributed by atoms with E-state index in [4.69, 9.17) is 10.8 Å². The maximum absolute atomic E-state index is 8.99. The van der Waals surface area contributed by atoms with E-state index in [2.05, 4.69) is 25.7 Å². The predicted molar refractivity (Wildman–Crippen MR) is 68.3 cm³/mol. The van der Waals surface area contributed by atoms with Crippen molar-refractivity contribution in [3.63, 3.8) is 0 Å². The minimum atomic E-state index is 0.182. The Balaban J connectivity index is 2.42. The first kappa shape index (κ1) is 13.9. The molecule has 3 N–H and O–H groups in total. The fraction of sp³-hybridized carbons (Fsp3) is 1.00. The standard InChI is InChI=1S/C13H28N2O/c1-11(14)13(2,3)10-15-7-4-5-12(9-15)6-8-16/h11-12,16H,4-10,14H2,1-3H3. The van der Waals surface area contributed by atoms with E-state index in [1.54, 1.807) is 0 Å². The van der Waals surface area contributed by atoms with Crippen LogP contribution in [0.15, 0.2) is 0 Å². The molecule has 0 saturated carbocycles. The zero-order valence-corrected chi connectivity index (χ0v) is 11.1. The second kappa shape index (κ2) is 5.99. The summed E-state index contributed by atoms with van der Waals surface area (Å²) in [5.41, 5.74) is 6.20. The third kappa shape index (κ3) is 4.04. The largest absolute Gasteiger partial charge is 0.396 e. The van der Waals surface area contributed by atoms with Gasteiger partial charge in [0.15, 0.2) is 0 Å². The Kier molecular flexibility index (Phi) is 5.22. The number of piperidine rings is 1. The highest BCUT2D eigenvalue weighted by Crippen LogP contribution is 2.25. The molecule has 0 aliphatic carbocycles.